The summed E-state index contributed by atoms with van der Waals surface area (Å²) in [5, 5.41) is 20.6. The number of rotatable bonds is 7. The third-order valence-corrected chi connectivity index (χ3v) is 5.89. The van der Waals surface area contributed by atoms with Crippen LogP contribution in [0.3, 0.4) is 0 Å². The zero-order valence-corrected chi connectivity index (χ0v) is 20.4. The number of aliphatic carboxylic acids is 2. The molecule has 0 spiro atoms. The zero-order valence-electron chi connectivity index (χ0n) is 20.4. The predicted molar refractivity (Wildman–Crippen MR) is 126 cm³/mol. The lowest BCUT2D eigenvalue weighted by Crippen LogP contribution is -2.45. The number of carbonyl (C=O) groups is 3. The first-order chi connectivity index (χ1) is 15.3. The van der Waals surface area contributed by atoms with E-state index in [1.807, 2.05) is 6.92 Å². The van der Waals surface area contributed by atoms with Crippen LogP contribution in [0.5, 0.6) is 0 Å². The van der Waals surface area contributed by atoms with E-state index >= 15 is 0 Å². The van der Waals surface area contributed by atoms with Gasteiger partial charge in [0.2, 0.25) is 0 Å². The lowest BCUT2D eigenvalue weighted by Gasteiger charge is -2.44. The molecule has 1 aliphatic heterocycles. The number of carboxylic acid groups (broad SMARTS) is 2. The van der Waals surface area contributed by atoms with Crippen molar-refractivity contribution in [3.63, 3.8) is 0 Å². The maximum absolute atomic E-state index is 12.6. The minimum absolute atomic E-state index is 0.0213. The summed E-state index contributed by atoms with van der Waals surface area (Å²) in [5.74, 6) is -2.89. The van der Waals surface area contributed by atoms with Gasteiger partial charge in [0.05, 0.1) is 16.6 Å². The molecule has 0 saturated carbocycles. The Morgan fingerprint density at radius 1 is 1.00 bits per heavy atom. The summed E-state index contributed by atoms with van der Waals surface area (Å²) in [6.45, 7) is 12.8. The standard InChI is InChI=1S/C26H33NO6/c1-8-26(19-13-11-10-12-18(19)14-15-20(28)33-25(5,6)7)21(23(29)30)16(3)27(9-2)17(4)22(26)24(31)32/h10-15H,8-9H2,1-7H3,(H,29,30)(H,31,32). The Kier molecular flexibility index (Phi) is 7.57. The van der Waals surface area contributed by atoms with E-state index in [1.165, 1.54) is 6.08 Å². The van der Waals surface area contributed by atoms with Crippen molar-refractivity contribution in [3.05, 3.63) is 64.0 Å². The number of hydrogen-bond donors (Lipinski definition) is 2. The fourth-order valence-electron chi connectivity index (χ4n) is 4.75. The van der Waals surface area contributed by atoms with E-state index in [2.05, 4.69) is 0 Å². The van der Waals surface area contributed by atoms with E-state index in [1.54, 1.807) is 76.8 Å². The van der Waals surface area contributed by atoms with Gasteiger partial charge in [0.1, 0.15) is 5.60 Å². The highest BCUT2D eigenvalue weighted by Gasteiger charge is 2.51. The van der Waals surface area contributed by atoms with Gasteiger partial charge in [-0.15, -0.1) is 0 Å². The molecule has 1 aliphatic rings. The Labute approximate surface area is 195 Å². The molecule has 0 aromatic heterocycles. The molecule has 0 saturated heterocycles. The summed E-state index contributed by atoms with van der Waals surface area (Å²) in [5.41, 5.74) is 0.0312. The molecule has 0 radical (unpaired) electrons. The number of allylic oxidation sites excluding steroid dienone is 2. The molecule has 2 rings (SSSR count). The molecular weight excluding hydrogens is 422 g/mol. The topological polar surface area (TPSA) is 104 Å². The van der Waals surface area contributed by atoms with Gasteiger partial charge in [0.15, 0.2) is 0 Å². The minimum atomic E-state index is -1.41. The van der Waals surface area contributed by atoms with Gasteiger partial charge < -0.3 is 19.8 Å². The first-order valence-corrected chi connectivity index (χ1v) is 11.0. The summed E-state index contributed by atoms with van der Waals surface area (Å²) < 4.78 is 5.34. The average molecular weight is 456 g/mol. The van der Waals surface area contributed by atoms with Crippen LogP contribution in [0.25, 0.3) is 6.08 Å². The number of hydrogen-bond acceptors (Lipinski definition) is 5. The van der Waals surface area contributed by atoms with E-state index in [9.17, 15) is 24.6 Å². The predicted octanol–water partition coefficient (Wildman–Crippen LogP) is 4.74. The molecule has 7 heteroatoms. The summed E-state index contributed by atoms with van der Waals surface area (Å²) in [6.07, 6.45) is 3.04. The van der Waals surface area contributed by atoms with Crippen LogP contribution < -0.4 is 0 Å². The molecule has 7 nitrogen and oxygen atoms in total. The van der Waals surface area contributed by atoms with Crippen molar-refractivity contribution in [2.45, 2.75) is 65.9 Å². The summed E-state index contributed by atoms with van der Waals surface area (Å²) in [6, 6.07) is 6.97. The quantitative estimate of drug-likeness (QED) is 0.452. The zero-order chi connectivity index (χ0) is 25.1. The summed E-state index contributed by atoms with van der Waals surface area (Å²) in [4.78, 5) is 39.2. The van der Waals surface area contributed by atoms with Crippen LogP contribution in [0.15, 0.2) is 52.9 Å². The van der Waals surface area contributed by atoms with E-state index in [4.69, 9.17) is 4.74 Å². The van der Waals surface area contributed by atoms with Crippen molar-refractivity contribution in [2.75, 3.05) is 6.54 Å². The normalized spacial score (nSPS) is 16.4. The van der Waals surface area contributed by atoms with Gasteiger partial charge in [-0.3, -0.25) is 0 Å². The molecule has 0 bridgehead atoms. The second kappa shape index (κ2) is 9.65. The molecule has 2 N–H and O–H groups in total. The highest BCUT2D eigenvalue weighted by molar-refractivity contribution is 6.01. The summed E-state index contributed by atoms with van der Waals surface area (Å²) in [7, 11) is 0. The maximum Gasteiger partial charge on any atom is 0.334 e. The number of carbonyl (C=O) groups excluding carboxylic acids is 1. The Morgan fingerprint density at radius 2 is 1.52 bits per heavy atom. The fraction of sp³-hybridized carbons (Fsp3) is 0.423. The molecular formula is C26H33NO6. The SMILES string of the molecule is CCN1C(C)=C(C(=O)O)C(CC)(c2ccccc2C=CC(=O)OC(C)(C)C)C(C(=O)O)=C1C. The van der Waals surface area contributed by atoms with Crippen molar-refractivity contribution in [1.82, 2.24) is 4.90 Å². The number of esters is 1. The lowest BCUT2D eigenvalue weighted by atomic mass is 9.62. The van der Waals surface area contributed by atoms with Gasteiger partial charge >= 0.3 is 17.9 Å². The number of benzene rings is 1. The Balaban J connectivity index is 2.86. The minimum Gasteiger partial charge on any atom is -0.478 e. The largest absolute Gasteiger partial charge is 0.478 e. The molecule has 0 fully saturated rings. The maximum atomic E-state index is 12.6. The molecule has 1 heterocycles. The third kappa shape index (κ3) is 4.87. The number of ether oxygens (including phenoxy) is 1. The molecule has 1 aromatic carbocycles. The van der Waals surface area contributed by atoms with E-state index in [-0.39, 0.29) is 17.6 Å². The Morgan fingerprint density at radius 3 is 1.94 bits per heavy atom. The molecule has 1 aromatic rings. The lowest BCUT2D eigenvalue weighted by molar-refractivity contribution is -0.148. The van der Waals surface area contributed by atoms with Crippen LogP contribution in [-0.4, -0.2) is 45.2 Å². The van der Waals surface area contributed by atoms with E-state index in [0.717, 1.165) is 0 Å². The first kappa shape index (κ1) is 25.9. The van der Waals surface area contributed by atoms with Crippen LogP contribution >= 0.6 is 0 Å². The number of nitrogens with zero attached hydrogens (tertiary/aromatic N) is 1. The van der Waals surface area contributed by atoms with Crippen LogP contribution in [0, 0.1) is 0 Å². The van der Waals surface area contributed by atoms with Gasteiger partial charge in [0, 0.05) is 24.0 Å². The number of carboxylic acids is 2. The van der Waals surface area contributed by atoms with E-state index in [0.29, 0.717) is 29.1 Å². The molecule has 0 aliphatic carbocycles. The van der Waals surface area contributed by atoms with Crippen LogP contribution in [0.1, 0.15) is 66.0 Å². The first-order valence-electron chi connectivity index (χ1n) is 11.0. The van der Waals surface area contributed by atoms with Crippen LogP contribution in [-0.2, 0) is 24.5 Å². The summed E-state index contributed by atoms with van der Waals surface area (Å²) >= 11 is 0. The van der Waals surface area contributed by atoms with Gasteiger partial charge in [-0.25, -0.2) is 14.4 Å². The van der Waals surface area contributed by atoms with Crippen LogP contribution in [0.2, 0.25) is 0 Å². The van der Waals surface area contributed by atoms with Gasteiger partial charge in [-0.2, -0.15) is 0 Å². The van der Waals surface area contributed by atoms with Crippen molar-refractivity contribution in [2.24, 2.45) is 0 Å². The highest BCUT2D eigenvalue weighted by atomic mass is 16.6. The highest BCUT2D eigenvalue weighted by Crippen LogP contribution is 2.50. The fourth-order valence-corrected chi connectivity index (χ4v) is 4.75. The Bertz CT molecular complexity index is 1020. The second-order valence-corrected chi connectivity index (χ2v) is 8.99. The molecule has 0 amide bonds. The van der Waals surface area contributed by atoms with Crippen molar-refractivity contribution in [1.29, 1.82) is 0 Å². The van der Waals surface area contributed by atoms with Crippen molar-refractivity contribution in [3.8, 4) is 0 Å². The van der Waals surface area contributed by atoms with Gasteiger partial charge in [0.25, 0.3) is 0 Å². The van der Waals surface area contributed by atoms with Crippen molar-refractivity contribution >= 4 is 24.0 Å². The van der Waals surface area contributed by atoms with Gasteiger partial charge in [-0.05, 0) is 65.2 Å². The smallest absolute Gasteiger partial charge is 0.334 e. The van der Waals surface area contributed by atoms with Crippen LogP contribution in [0.4, 0.5) is 0 Å². The molecule has 0 atom stereocenters. The second-order valence-electron chi connectivity index (χ2n) is 8.99. The monoisotopic (exact) mass is 455 g/mol. The average Bonchev–Trinajstić information content (AvgIpc) is 2.70. The molecule has 178 valence electrons. The third-order valence-electron chi connectivity index (χ3n) is 5.89. The van der Waals surface area contributed by atoms with Crippen molar-refractivity contribution < 1.29 is 29.3 Å². The Hall–Kier alpha value is -3.35. The molecule has 33 heavy (non-hydrogen) atoms. The van der Waals surface area contributed by atoms with Gasteiger partial charge in [-0.1, -0.05) is 31.2 Å². The van der Waals surface area contributed by atoms with E-state index < -0.39 is 28.9 Å². The molecule has 0 unspecified atom stereocenters.